The maximum Gasteiger partial charge on any atom is 0.184 e. The van der Waals surface area contributed by atoms with Gasteiger partial charge in [-0.25, -0.2) is 0 Å². The zero-order chi connectivity index (χ0) is 15.4. The van der Waals surface area contributed by atoms with Crippen LogP contribution in [0.4, 0.5) is 0 Å². The molecule has 1 saturated heterocycles. The first kappa shape index (κ1) is 15.8. The van der Waals surface area contributed by atoms with Crippen molar-refractivity contribution in [1.29, 1.82) is 0 Å². The van der Waals surface area contributed by atoms with Crippen LogP contribution in [0, 0.1) is 0 Å². The third-order valence-corrected chi connectivity index (χ3v) is 4.02. The van der Waals surface area contributed by atoms with Gasteiger partial charge in [-0.05, 0) is 23.8 Å². The van der Waals surface area contributed by atoms with E-state index in [0.717, 1.165) is 11.1 Å². The number of halogens is 2. The number of rotatable bonds is 4. The van der Waals surface area contributed by atoms with Crippen molar-refractivity contribution < 1.29 is 14.2 Å². The van der Waals surface area contributed by atoms with E-state index in [1.807, 2.05) is 48.5 Å². The van der Waals surface area contributed by atoms with E-state index >= 15 is 0 Å². The van der Waals surface area contributed by atoms with E-state index < -0.39 is 0 Å². The van der Waals surface area contributed by atoms with Crippen LogP contribution in [-0.4, -0.2) is 19.3 Å². The molecule has 0 amide bonds. The van der Waals surface area contributed by atoms with Crippen LogP contribution >= 0.6 is 23.2 Å². The topological polar surface area (TPSA) is 27.7 Å². The monoisotopic (exact) mass is 338 g/mol. The largest absolute Gasteiger partial charge is 0.369 e. The standard InChI is InChI=1S/C17H16Cl2O3/c18-14-6-3-5-12(8-14)17-21-10-15(11-22-17)20-9-13-4-1-2-7-16(13)19/h1-8,15,17H,9-11H2/t15-,17+. The Morgan fingerprint density at radius 2 is 1.77 bits per heavy atom. The summed E-state index contributed by atoms with van der Waals surface area (Å²) in [5, 5.41) is 1.37. The second kappa shape index (κ2) is 7.44. The Labute approximate surface area is 139 Å². The fraction of sp³-hybridized carbons (Fsp3) is 0.294. The highest BCUT2D eigenvalue weighted by Crippen LogP contribution is 2.26. The van der Waals surface area contributed by atoms with E-state index in [9.17, 15) is 0 Å². The van der Waals surface area contributed by atoms with Crippen LogP contribution in [0.2, 0.25) is 10.0 Å². The van der Waals surface area contributed by atoms with E-state index in [0.29, 0.717) is 29.9 Å². The van der Waals surface area contributed by atoms with E-state index in [4.69, 9.17) is 37.4 Å². The van der Waals surface area contributed by atoms with Crippen LogP contribution in [0.25, 0.3) is 0 Å². The van der Waals surface area contributed by atoms with E-state index in [1.165, 1.54) is 0 Å². The van der Waals surface area contributed by atoms with Gasteiger partial charge in [-0.1, -0.05) is 53.5 Å². The molecule has 116 valence electrons. The zero-order valence-electron chi connectivity index (χ0n) is 11.9. The van der Waals surface area contributed by atoms with Crippen molar-refractivity contribution in [3.8, 4) is 0 Å². The summed E-state index contributed by atoms with van der Waals surface area (Å²) < 4.78 is 17.2. The maximum absolute atomic E-state index is 6.10. The average molecular weight is 339 g/mol. The summed E-state index contributed by atoms with van der Waals surface area (Å²) in [6, 6.07) is 15.1. The summed E-state index contributed by atoms with van der Waals surface area (Å²) in [4.78, 5) is 0. The molecule has 1 aliphatic heterocycles. The van der Waals surface area contributed by atoms with E-state index in [1.54, 1.807) is 0 Å². The van der Waals surface area contributed by atoms with Crippen LogP contribution in [0.1, 0.15) is 17.4 Å². The molecule has 1 fully saturated rings. The van der Waals surface area contributed by atoms with E-state index in [-0.39, 0.29) is 12.4 Å². The van der Waals surface area contributed by atoms with Gasteiger partial charge in [-0.3, -0.25) is 0 Å². The van der Waals surface area contributed by atoms with Gasteiger partial charge in [0.1, 0.15) is 6.10 Å². The van der Waals surface area contributed by atoms with Gasteiger partial charge in [-0.15, -0.1) is 0 Å². The second-order valence-electron chi connectivity index (χ2n) is 5.08. The number of hydrogen-bond donors (Lipinski definition) is 0. The SMILES string of the molecule is Clc1cccc([C@H]2OC[C@@H](OCc3ccccc3Cl)CO2)c1. The van der Waals surface area contributed by atoms with E-state index in [2.05, 4.69) is 0 Å². The van der Waals surface area contributed by atoms with Crippen molar-refractivity contribution in [3.63, 3.8) is 0 Å². The van der Waals surface area contributed by atoms with Gasteiger partial charge in [0.05, 0.1) is 19.8 Å². The maximum atomic E-state index is 6.10. The van der Waals surface area contributed by atoms with Crippen LogP contribution in [-0.2, 0) is 20.8 Å². The Balaban J connectivity index is 1.51. The van der Waals surface area contributed by atoms with Gasteiger partial charge in [0.25, 0.3) is 0 Å². The highest BCUT2D eigenvalue weighted by Gasteiger charge is 2.24. The molecule has 2 aromatic carbocycles. The Hall–Kier alpha value is -1.10. The molecule has 0 saturated carbocycles. The van der Waals surface area contributed by atoms with Gasteiger partial charge < -0.3 is 14.2 Å². The molecule has 5 heteroatoms. The number of ether oxygens (including phenoxy) is 3. The molecule has 1 heterocycles. The van der Waals surface area contributed by atoms with Gasteiger partial charge >= 0.3 is 0 Å². The molecule has 0 atom stereocenters. The number of hydrogen-bond acceptors (Lipinski definition) is 3. The van der Waals surface area contributed by atoms with Gasteiger partial charge in [0.2, 0.25) is 0 Å². The van der Waals surface area contributed by atoms with Crippen molar-refractivity contribution in [3.05, 3.63) is 69.7 Å². The van der Waals surface area contributed by atoms with Gasteiger partial charge in [-0.2, -0.15) is 0 Å². The Kier molecular flexibility index (Phi) is 5.34. The minimum absolute atomic E-state index is 0.105. The third kappa shape index (κ3) is 4.00. The molecule has 0 aromatic heterocycles. The first-order valence-corrected chi connectivity index (χ1v) is 7.81. The minimum Gasteiger partial charge on any atom is -0.369 e. The molecule has 1 aliphatic rings. The fourth-order valence-corrected chi connectivity index (χ4v) is 2.64. The molecule has 0 bridgehead atoms. The molecule has 2 aromatic rings. The van der Waals surface area contributed by atoms with Crippen LogP contribution in [0.5, 0.6) is 0 Å². The summed E-state index contributed by atoms with van der Waals surface area (Å²) in [7, 11) is 0. The molecule has 3 nitrogen and oxygen atoms in total. The average Bonchev–Trinajstić information content (AvgIpc) is 2.55. The Morgan fingerprint density at radius 3 is 2.50 bits per heavy atom. The van der Waals surface area contributed by atoms with Crippen molar-refractivity contribution >= 4 is 23.2 Å². The second-order valence-corrected chi connectivity index (χ2v) is 5.92. The Morgan fingerprint density at radius 1 is 1.00 bits per heavy atom. The molecular weight excluding hydrogens is 323 g/mol. The summed E-state index contributed by atoms with van der Waals surface area (Å²) in [5.74, 6) is 0. The number of benzene rings is 2. The van der Waals surface area contributed by atoms with Crippen molar-refractivity contribution in [2.45, 2.75) is 19.0 Å². The normalized spacial score (nSPS) is 21.7. The highest BCUT2D eigenvalue weighted by molar-refractivity contribution is 6.31. The lowest BCUT2D eigenvalue weighted by Crippen LogP contribution is -2.33. The molecule has 0 radical (unpaired) electrons. The molecule has 0 aliphatic carbocycles. The minimum atomic E-state index is -0.390. The van der Waals surface area contributed by atoms with Gasteiger partial charge in [0, 0.05) is 15.6 Å². The molecule has 22 heavy (non-hydrogen) atoms. The van der Waals surface area contributed by atoms with Crippen molar-refractivity contribution in [2.75, 3.05) is 13.2 Å². The van der Waals surface area contributed by atoms with Crippen LogP contribution in [0.15, 0.2) is 48.5 Å². The zero-order valence-corrected chi connectivity index (χ0v) is 13.4. The van der Waals surface area contributed by atoms with Crippen LogP contribution in [0.3, 0.4) is 0 Å². The third-order valence-electron chi connectivity index (χ3n) is 3.42. The highest BCUT2D eigenvalue weighted by atomic mass is 35.5. The van der Waals surface area contributed by atoms with Gasteiger partial charge in [0.15, 0.2) is 6.29 Å². The quantitative estimate of drug-likeness (QED) is 0.813. The van der Waals surface area contributed by atoms with Crippen molar-refractivity contribution in [1.82, 2.24) is 0 Å². The predicted octanol–water partition coefficient (Wildman–Crippen LogP) is 4.62. The van der Waals surface area contributed by atoms with Crippen LogP contribution < -0.4 is 0 Å². The first-order valence-electron chi connectivity index (χ1n) is 7.06. The lowest BCUT2D eigenvalue weighted by Gasteiger charge is -2.29. The lowest BCUT2D eigenvalue weighted by molar-refractivity contribution is -0.232. The summed E-state index contributed by atoms with van der Waals surface area (Å²) in [6.07, 6.45) is -0.495. The molecule has 0 unspecified atom stereocenters. The molecule has 0 spiro atoms. The Bertz CT molecular complexity index is 625. The smallest absolute Gasteiger partial charge is 0.184 e. The summed E-state index contributed by atoms with van der Waals surface area (Å²) in [5.41, 5.74) is 1.87. The summed E-state index contributed by atoms with van der Waals surface area (Å²) >= 11 is 12.1. The summed E-state index contributed by atoms with van der Waals surface area (Å²) in [6.45, 7) is 1.39. The van der Waals surface area contributed by atoms with Crippen molar-refractivity contribution in [2.24, 2.45) is 0 Å². The molecule has 3 rings (SSSR count). The predicted molar refractivity (Wildman–Crippen MR) is 86.1 cm³/mol. The molecular formula is C17H16Cl2O3. The fourth-order valence-electron chi connectivity index (χ4n) is 2.25. The first-order chi connectivity index (χ1) is 10.7. The molecule has 0 N–H and O–H groups in total. The lowest BCUT2D eigenvalue weighted by atomic mass is 10.2.